The van der Waals surface area contributed by atoms with Crippen LogP contribution in [0.1, 0.15) is 21.6 Å². The number of amides is 1. The van der Waals surface area contributed by atoms with Gasteiger partial charge in [-0.15, -0.1) is 0 Å². The number of aromatic nitrogens is 1. The van der Waals surface area contributed by atoms with Crippen molar-refractivity contribution in [2.75, 3.05) is 5.32 Å². The number of nitrogens with zero attached hydrogens (tertiary/aromatic N) is 1. The fourth-order valence-electron chi connectivity index (χ4n) is 2.21. The van der Waals surface area contributed by atoms with Gasteiger partial charge in [0, 0.05) is 11.8 Å². The monoisotopic (exact) mass is 308 g/mol. The third-order valence-electron chi connectivity index (χ3n) is 3.68. The van der Waals surface area contributed by atoms with Crippen molar-refractivity contribution < 1.29 is 14.4 Å². The SMILES string of the molecule is Cc1ccc(NC(=O)c2cc(-c3ccccc3O)on2)cc1C. The summed E-state index contributed by atoms with van der Waals surface area (Å²) in [6.07, 6.45) is 0. The maximum Gasteiger partial charge on any atom is 0.277 e. The van der Waals surface area contributed by atoms with Crippen LogP contribution in [0.4, 0.5) is 5.69 Å². The lowest BCUT2D eigenvalue weighted by molar-refractivity contribution is 0.101. The third-order valence-corrected chi connectivity index (χ3v) is 3.68. The molecule has 0 bridgehead atoms. The number of benzene rings is 2. The van der Waals surface area contributed by atoms with Crippen LogP contribution in [0.2, 0.25) is 0 Å². The van der Waals surface area contributed by atoms with Gasteiger partial charge >= 0.3 is 0 Å². The van der Waals surface area contributed by atoms with Gasteiger partial charge in [0.1, 0.15) is 5.75 Å². The number of aryl methyl sites for hydroxylation is 2. The number of carbonyl (C=O) groups excluding carboxylic acids is 1. The first kappa shape index (κ1) is 14.8. The largest absolute Gasteiger partial charge is 0.507 e. The summed E-state index contributed by atoms with van der Waals surface area (Å²) in [6, 6.07) is 13.9. The van der Waals surface area contributed by atoms with Crippen molar-refractivity contribution in [1.29, 1.82) is 0 Å². The zero-order valence-electron chi connectivity index (χ0n) is 12.8. The molecule has 0 saturated heterocycles. The Balaban J connectivity index is 1.81. The van der Waals surface area contributed by atoms with Crippen LogP contribution in [0.25, 0.3) is 11.3 Å². The van der Waals surface area contributed by atoms with Crippen LogP contribution in [0.5, 0.6) is 5.75 Å². The highest BCUT2D eigenvalue weighted by atomic mass is 16.5. The lowest BCUT2D eigenvalue weighted by Crippen LogP contribution is -2.12. The van der Waals surface area contributed by atoms with E-state index in [1.165, 1.54) is 6.07 Å². The number of aromatic hydroxyl groups is 1. The van der Waals surface area contributed by atoms with E-state index in [0.29, 0.717) is 17.0 Å². The smallest absolute Gasteiger partial charge is 0.277 e. The van der Waals surface area contributed by atoms with Gasteiger partial charge in [0.15, 0.2) is 11.5 Å². The number of carbonyl (C=O) groups is 1. The van der Waals surface area contributed by atoms with Gasteiger partial charge in [0.25, 0.3) is 5.91 Å². The van der Waals surface area contributed by atoms with Crippen molar-refractivity contribution >= 4 is 11.6 Å². The fourth-order valence-corrected chi connectivity index (χ4v) is 2.21. The van der Waals surface area contributed by atoms with Gasteiger partial charge in [-0.05, 0) is 49.2 Å². The molecule has 0 aliphatic rings. The van der Waals surface area contributed by atoms with E-state index in [1.807, 2.05) is 32.0 Å². The number of phenolic OH excluding ortho intramolecular Hbond substituents is 1. The Morgan fingerprint density at radius 3 is 2.61 bits per heavy atom. The molecule has 1 aromatic heterocycles. The highest BCUT2D eigenvalue weighted by molar-refractivity contribution is 6.03. The van der Waals surface area contributed by atoms with Crippen LogP contribution in [0, 0.1) is 13.8 Å². The first-order valence-electron chi connectivity index (χ1n) is 7.18. The molecule has 116 valence electrons. The van der Waals surface area contributed by atoms with E-state index in [2.05, 4.69) is 10.5 Å². The molecule has 0 aliphatic heterocycles. The Morgan fingerprint density at radius 1 is 1.09 bits per heavy atom. The molecule has 0 spiro atoms. The molecule has 0 fully saturated rings. The summed E-state index contributed by atoms with van der Waals surface area (Å²) in [5, 5.41) is 16.4. The van der Waals surface area contributed by atoms with E-state index in [-0.39, 0.29) is 17.4 Å². The Hall–Kier alpha value is -3.08. The predicted octanol–water partition coefficient (Wildman–Crippen LogP) is 3.92. The molecule has 3 rings (SSSR count). The summed E-state index contributed by atoms with van der Waals surface area (Å²) in [7, 11) is 0. The number of anilines is 1. The molecule has 1 heterocycles. The molecule has 1 amide bonds. The Morgan fingerprint density at radius 2 is 1.87 bits per heavy atom. The van der Waals surface area contributed by atoms with Crippen molar-refractivity contribution in [3.8, 4) is 17.1 Å². The average molecular weight is 308 g/mol. The molecule has 5 nitrogen and oxygen atoms in total. The highest BCUT2D eigenvalue weighted by Crippen LogP contribution is 2.29. The van der Waals surface area contributed by atoms with Gasteiger partial charge < -0.3 is 14.9 Å². The van der Waals surface area contributed by atoms with Gasteiger partial charge in [0.2, 0.25) is 0 Å². The van der Waals surface area contributed by atoms with E-state index in [1.54, 1.807) is 24.3 Å². The van der Waals surface area contributed by atoms with Gasteiger partial charge in [0.05, 0.1) is 5.56 Å². The van der Waals surface area contributed by atoms with Crippen LogP contribution in [0.15, 0.2) is 53.1 Å². The minimum absolute atomic E-state index is 0.0739. The second kappa shape index (κ2) is 5.96. The summed E-state index contributed by atoms with van der Waals surface area (Å²) in [5.74, 6) is 0.0526. The van der Waals surface area contributed by atoms with Gasteiger partial charge in [-0.25, -0.2) is 0 Å². The van der Waals surface area contributed by atoms with Crippen molar-refractivity contribution in [3.05, 3.63) is 65.4 Å². The Labute approximate surface area is 133 Å². The molecule has 2 N–H and O–H groups in total. The van der Waals surface area contributed by atoms with Crippen molar-refractivity contribution in [2.45, 2.75) is 13.8 Å². The van der Waals surface area contributed by atoms with Crippen molar-refractivity contribution in [1.82, 2.24) is 5.16 Å². The molecular formula is C18H16N2O3. The van der Waals surface area contributed by atoms with E-state index in [4.69, 9.17) is 4.52 Å². The number of hydrogen-bond acceptors (Lipinski definition) is 4. The van der Waals surface area contributed by atoms with Gasteiger partial charge in [-0.1, -0.05) is 23.4 Å². The first-order chi connectivity index (χ1) is 11.0. The molecule has 5 heteroatoms. The molecule has 2 aromatic carbocycles. The quantitative estimate of drug-likeness (QED) is 0.769. The predicted molar refractivity (Wildman–Crippen MR) is 87.5 cm³/mol. The van der Waals surface area contributed by atoms with Crippen LogP contribution >= 0.6 is 0 Å². The van der Waals surface area contributed by atoms with Crippen LogP contribution < -0.4 is 5.32 Å². The molecule has 0 radical (unpaired) electrons. The second-order valence-electron chi connectivity index (χ2n) is 5.35. The fraction of sp³-hybridized carbons (Fsp3) is 0.111. The molecule has 0 unspecified atom stereocenters. The molecule has 0 saturated carbocycles. The normalized spacial score (nSPS) is 10.5. The number of rotatable bonds is 3. The summed E-state index contributed by atoms with van der Waals surface area (Å²) in [4.78, 5) is 12.2. The number of nitrogens with one attached hydrogen (secondary N) is 1. The summed E-state index contributed by atoms with van der Waals surface area (Å²) < 4.78 is 5.16. The third kappa shape index (κ3) is 3.08. The lowest BCUT2D eigenvalue weighted by atomic mass is 10.1. The Kier molecular flexibility index (Phi) is 3.85. The maximum atomic E-state index is 12.2. The standard InChI is InChI=1S/C18H16N2O3/c1-11-7-8-13(9-12(11)2)19-18(22)15-10-17(23-20-15)14-5-3-4-6-16(14)21/h3-10,21H,1-2H3,(H,19,22). The second-order valence-corrected chi connectivity index (χ2v) is 5.35. The summed E-state index contributed by atoms with van der Waals surface area (Å²) in [6.45, 7) is 3.99. The number of para-hydroxylation sites is 1. The average Bonchev–Trinajstić information content (AvgIpc) is 3.01. The summed E-state index contributed by atoms with van der Waals surface area (Å²) in [5.41, 5.74) is 3.60. The van der Waals surface area contributed by atoms with Crippen molar-refractivity contribution in [2.24, 2.45) is 0 Å². The summed E-state index contributed by atoms with van der Waals surface area (Å²) >= 11 is 0. The number of hydrogen-bond donors (Lipinski definition) is 2. The van der Waals surface area contributed by atoms with E-state index in [9.17, 15) is 9.90 Å². The zero-order chi connectivity index (χ0) is 16.4. The molecule has 0 atom stereocenters. The first-order valence-corrected chi connectivity index (χ1v) is 7.18. The topological polar surface area (TPSA) is 75.4 Å². The zero-order valence-corrected chi connectivity index (χ0v) is 12.8. The molecule has 3 aromatic rings. The lowest BCUT2D eigenvalue weighted by Gasteiger charge is -2.05. The van der Waals surface area contributed by atoms with Crippen molar-refractivity contribution in [3.63, 3.8) is 0 Å². The number of phenols is 1. The maximum absolute atomic E-state index is 12.2. The van der Waals surface area contributed by atoms with Gasteiger partial charge in [-0.2, -0.15) is 0 Å². The molecular weight excluding hydrogens is 292 g/mol. The van der Waals surface area contributed by atoms with E-state index >= 15 is 0 Å². The molecule has 0 aliphatic carbocycles. The van der Waals surface area contributed by atoms with Crippen LogP contribution in [0.3, 0.4) is 0 Å². The van der Waals surface area contributed by atoms with E-state index in [0.717, 1.165) is 11.1 Å². The van der Waals surface area contributed by atoms with Gasteiger partial charge in [-0.3, -0.25) is 4.79 Å². The van der Waals surface area contributed by atoms with E-state index < -0.39 is 0 Å². The van der Waals surface area contributed by atoms with Crippen LogP contribution in [-0.4, -0.2) is 16.2 Å². The Bertz CT molecular complexity index is 868. The molecule has 23 heavy (non-hydrogen) atoms. The minimum Gasteiger partial charge on any atom is -0.507 e. The van der Waals surface area contributed by atoms with Crippen LogP contribution in [-0.2, 0) is 0 Å². The minimum atomic E-state index is -0.362. The highest BCUT2D eigenvalue weighted by Gasteiger charge is 2.15.